The van der Waals surface area contributed by atoms with Crippen LogP contribution < -0.4 is 4.90 Å². The van der Waals surface area contributed by atoms with Crippen LogP contribution >= 0.6 is 23.2 Å². The van der Waals surface area contributed by atoms with Crippen molar-refractivity contribution in [2.24, 2.45) is 0 Å². The van der Waals surface area contributed by atoms with E-state index in [2.05, 4.69) is 4.90 Å². The van der Waals surface area contributed by atoms with Crippen molar-refractivity contribution in [2.45, 2.75) is 54.8 Å². The number of likely N-dealkylation sites (N-methyl/N-ethyl adjacent to an activating group) is 3. The van der Waals surface area contributed by atoms with Crippen LogP contribution in [0, 0.1) is 0 Å². The van der Waals surface area contributed by atoms with Gasteiger partial charge in [0.05, 0.1) is 20.3 Å². The van der Waals surface area contributed by atoms with Crippen LogP contribution in [0.15, 0.2) is 72.8 Å². The molecule has 1 saturated heterocycles. The Morgan fingerprint density at radius 2 is 1.55 bits per heavy atom. The number of para-hydroxylation sites is 1. The van der Waals surface area contributed by atoms with Gasteiger partial charge in [0, 0.05) is 56.0 Å². The molecule has 0 radical (unpaired) electrons. The zero-order valence-electron chi connectivity index (χ0n) is 28.7. The van der Waals surface area contributed by atoms with Crippen LogP contribution in [0.1, 0.15) is 49.3 Å². The number of likely N-dealkylation sites (tertiary alicyclic amines) is 1. The average Bonchev–Trinajstić information content (AvgIpc) is 3.37. The van der Waals surface area contributed by atoms with E-state index in [0.717, 1.165) is 16.0 Å². The van der Waals surface area contributed by atoms with E-state index in [1.54, 1.807) is 43.3 Å². The van der Waals surface area contributed by atoms with Gasteiger partial charge in [-0.3, -0.25) is 18.6 Å². The molecule has 0 N–H and O–H groups in total. The lowest BCUT2D eigenvalue weighted by atomic mass is 9.82. The van der Waals surface area contributed by atoms with Gasteiger partial charge >= 0.3 is 18.0 Å². The van der Waals surface area contributed by atoms with E-state index in [4.69, 9.17) is 23.2 Å². The topological polar surface area (TPSA) is 81.2 Å². The maximum absolute atomic E-state index is 14.3. The maximum Gasteiger partial charge on any atom is 0.397 e. The highest BCUT2D eigenvalue weighted by Gasteiger charge is 2.48. The number of carbonyl (C=O) groups excluding carboxylic acids is 3. The Hall–Kier alpha value is -3.45. The molecule has 2 heterocycles. The van der Waals surface area contributed by atoms with Crippen molar-refractivity contribution < 1.29 is 31.8 Å². The van der Waals surface area contributed by atoms with Gasteiger partial charge < -0.3 is 19.6 Å². The second kappa shape index (κ2) is 15.7. The van der Waals surface area contributed by atoms with Gasteiger partial charge in [0.25, 0.3) is 0 Å². The van der Waals surface area contributed by atoms with Gasteiger partial charge in [0.2, 0.25) is 5.91 Å². The number of halogens is 5. The molecule has 14 heteroatoms. The first-order valence-electron chi connectivity index (χ1n) is 16.7. The first-order chi connectivity index (χ1) is 24.1. The van der Waals surface area contributed by atoms with E-state index < -0.39 is 51.4 Å². The van der Waals surface area contributed by atoms with Crippen molar-refractivity contribution in [3.63, 3.8) is 0 Å². The van der Waals surface area contributed by atoms with Gasteiger partial charge in [-0.05, 0) is 80.2 Å². The Labute approximate surface area is 308 Å². The Kier molecular flexibility index (Phi) is 11.9. The largest absolute Gasteiger partial charge is 0.397 e. The quantitative estimate of drug-likeness (QED) is 0.214. The standard InChI is InChI=1S/C37H41Cl2F3N4O4S/c1-4-46(28-11-6-5-7-12-28)34(49)33(48)44(3)35(27-14-15-30(38)31(39)22-27,25-43(2)32(47)23-37(40,41)42)16-19-45-20-17-36(18-21-45)29-13-9-8-10-26(29)24-51(36)50/h5-15,22H,4,16-21,23-25H2,1-3H3/t35-,51?/m1/s1. The molecule has 0 aromatic heterocycles. The van der Waals surface area contributed by atoms with Gasteiger partial charge in [0.15, 0.2) is 0 Å². The molecule has 1 spiro atoms. The number of rotatable bonds is 10. The van der Waals surface area contributed by atoms with Crippen LogP contribution in [0.25, 0.3) is 0 Å². The number of anilines is 1. The van der Waals surface area contributed by atoms with Crippen LogP contribution in [0.3, 0.4) is 0 Å². The van der Waals surface area contributed by atoms with Crippen LogP contribution in [0.4, 0.5) is 18.9 Å². The molecule has 1 unspecified atom stereocenters. The fraction of sp³-hybridized carbons (Fsp3) is 0.432. The smallest absolute Gasteiger partial charge is 0.343 e. The Morgan fingerprint density at radius 3 is 2.18 bits per heavy atom. The van der Waals surface area contributed by atoms with Crippen molar-refractivity contribution in [3.05, 3.63) is 99.5 Å². The highest BCUT2D eigenvalue weighted by molar-refractivity contribution is 7.85. The van der Waals surface area contributed by atoms with Crippen molar-refractivity contribution in [2.75, 3.05) is 51.7 Å². The lowest BCUT2D eigenvalue weighted by molar-refractivity contribution is -0.163. The summed E-state index contributed by atoms with van der Waals surface area (Å²) in [5.41, 5.74) is 1.58. The molecule has 0 bridgehead atoms. The fourth-order valence-electron chi connectivity index (χ4n) is 7.33. The highest BCUT2D eigenvalue weighted by atomic mass is 35.5. The van der Waals surface area contributed by atoms with E-state index in [1.165, 1.54) is 36.0 Å². The fourth-order valence-corrected chi connectivity index (χ4v) is 9.52. The molecule has 1 fully saturated rings. The minimum Gasteiger partial charge on any atom is -0.343 e. The Balaban J connectivity index is 1.50. The van der Waals surface area contributed by atoms with Crippen molar-refractivity contribution in [1.29, 1.82) is 0 Å². The molecule has 5 rings (SSSR count). The average molecular weight is 766 g/mol. The molecular weight excluding hydrogens is 724 g/mol. The van der Waals surface area contributed by atoms with Gasteiger partial charge in [-0.15, -0.1) is 0 Å². The summed E-state index contributed by atoms with van der Waals surface area (Å²) < 4.78 is 53.2. The summed E-state index contributed by atoms with van der Waals surface area (Å²) in [5, 5.41) is 0.352. The molecule has 2 aliphatic rings. The summed E-state index contributed by atoms with van der Waals surface area (Å²) in [6.45, 7) is 3.03. The third-order valence-electron chi connectivity index (χ3n) is 10.2. The lowest BCUT2D eigenvalue weighted by Crippen LogP contribution is -2.59. The van der Waals surface area contributed by atoms with Crippen molar-refractivity contribution >= 4 is 57.4 Å². The van der Waals surface area contributed by atoms with E-state index in [0.29, 0.717) is 49.5 Å². The van der Waals surface area contributed by atoms with Crippen LogP contribution in [-0.2, 0) is 41.2 Å². The van der Waals surface area contributed by atoms with Gasteiger partial charge in [0.1, 0.15) is 6.42 Å². The molecule has 2 atom stereocenters. The first kappa shape index (κ1) is 38.8. The molecule has 0 aliphatic carbocycles. The number of benzene rings is 3. The summed E-state index contributed by atoms with van der Waals surface area (Å²) in [4.78, 5) is 46.8. The summed E-state index contributed by atoms with van der Waals surface area (Å²) in [6, 6.07) is 21.3. The number of carbonyl (C=O) groups is 3. The monoisotopic (exact) mass is 764 g/mol. The van der Waals surface area contributed by atoms with E-state index in [-0.39, 0.29) is 29.6 Å². The van der Waals surface area contributed by atoms with E-state index >= 15 is 0 Å². The summed E-state index contributed by atoms with van der Waals surface area (Å²) in [7, 11) is 1.59. The Bertz CT molecular complexity index is 1790. The molecule has 2 aliphatic heterocycles. The molecule has 3 aromatic carbocycles. The lowest BCUT2D eigenvalue weighted by Gasteiger charge is -2.46. The van der Waals surface area contributed by atoms with E-state index in [1.807, 2.05) is 24.3 Å². The molecule has 51 heavy (non-hydrogen) atoms. The van der Waals surface area contributed by atoms with Crippen molar-refractivity contribution in [1.82, 2.24) is 14.7 Å². The van der Waals surface area contributed by atoms with Gasteiger partial charge in [-0.25, -0.2) is 0 Å². The predicted molar refractivity (Wildman–Crippen MR) is 194 cm³/mol. The summed E-state index contributed by atoms with van der Waals surface area (Å²) in [5.74, 6) is -2.45. The molecule has 8 nitrogen and oxygen atoms in total. The predicted octanol–water partition coefficient (Wildman–Crippen LogP) is 6.75. The number of amides is 3. The van der Waals surface area contributed by atoms with E-state index in [9.17, 15) is 31.8 Å². The minimum absolute atomic E-state index is 0.119. The normalized spacial score (nSPS) is 18.2. The first-order valence-corrected chi connectivity index (χ1v) is 18.8. The molecule has 3 aromatic rings. The molecule has 274 valence electrons. The van der Waals surface area contributed by atoms with Gasteiger partial charge in [-0.1, -0.05) is 71.7 Å². The maximum atomic E-state index is 14.3. The van der Waals surface area contributed by atoms with Gasteiger partial charge in [-0.2, -0.15) is 13.2 Å². The third-order valence-corrected chi connectivity index (χ3v) is 13.0. The molecule has 0 saturated carbocycles. The summed E-state index contributed by atoms with van der Waals surface area (Å²) in [6.07, 6.45) is -5.06. The zero-order chi connectivity index (χ0) is 37.1. The Morgan fingerprint density at radius 1 is 0.902 bits per heavy atom. The number of hydrogen-bond acceptors (Lipinski definition) is 5. The number of alkyl halides is 3. The number of hydrogen-bond donors (Lipinski definition) is 0. The van der Waals surface area contributed by atoms with Crippen LogP contribution in [0.5, 0.6) is 0 Å². The zero-order valence-corrected chi connectivity index (χ0v) is 31.0. The SMILES string of the molecule is CCN(C(=O)C(=O)N(C)[C@](CCN1CCC2(CC1)c1ccccc1CS2=O)(CN(C)C(=O)CC(F)(F)F)c1ccc(Cl)c(Cl)c1)c1ccccc1. The van der Waals surface area contributed by atoms with Crippen LogP contribution in [-0.4, -0.2) is 89.6 Å². The number of fused-ring (bicyclic) bond motifs is 2. The molecular formula is C37H41Cl2F3N4O4S. The summed E-state index contributed by atoms with van der Waals surface area (Å²) >= 11 is 12.8. The third kappa shape index (κ3) is 8.14. The second-order valence-electron chi connectivity index (χ2n) is 13.2. The number of piperidine rings is 1. The van der Waals surface area contributed by atoms with Crippen LogP contribution in [0.2, 0.25) is 10.0 Å². The number of nitrogens with zero attached hydrogens (tertiary/aromatic N) is 4. The molecule has 3 amide bonds. The minimum atomic E-state index is -4.75. The second-order valence-corrected chi connectivity index (χ2v) is 15.8. The van der Waals surface area contributed by atoms with Crippen molar-refractivity contribution in [3.8, 4) is 0 Å². The highest BCUT2D eigenvalue weighted by Crippen LogP contribution is 2.47.